The second kappa shape index (κ2) is 9.04. The number of carbonyl (C=O) groups is 2. The van der Waals surface area contributed by atoms with Crippen molar-refractivity contribution < 1.29 is 14.3 Å². The molecule has 0 bridgehead atoms. The van der Waals surface area contributed by atoms with E-state index in [2.05, 4.69) is 22.8 Å². The fraction of sp³-hybridized carbons (Fsp3) is 0.231. The van der Waals surface area contributed by atoms with Crippen LogP contribution in [0, 0.1) is 12.8 Å². The van der Waals surface area contributed by atoms with Gasteiger partial charge in [-0.3, -0.25) is 9.59 Å². The van der Waals surface area contributed by atoms with E-state index in [1.165, 1.54) is 0 Å². The Morgan fingerprint density at radius 1 is 0.903 bits per heavy atom. The van der Waals surface area contributed by atoms with Crippen molar-refractivity contribution in [3.8, 4) is 16.9 Å². The quantitative estimate of drug-likeness (QED) is 0.543. The van der Waals surface area contributed by atoms with Gasteiger partial charge in [-0.05, 0) is 67.6 Å². The summed E-state index contributed by atoms with van der Waals surface area (Å²) in [6.45, 7) is 3.63. The van der Waals surface area contributed by atoms with Crippen LogP contribution in [0.25, 0.3) is 11.1 Å². The highest BCUT2D eigenvalue weighted by atomic mass is 16.5. The lowest BCUT2D eigenvalue weighted by Crippen LogP contribution is -2.30. The molecule has 0 aliphatic heterocycles. The first-order valence-corrected chi connectivity index (χ1v) is 10.5. The molecule has 0 saturated heterocycles. The van der Waals surface area contributed by atoms with Crippen LogP contribution in [-0.2, 0) is 9.59 Å². The minimum Gasteiger partial charge on any atom is -0.481 e. The van der Waals surface area contributed by atoms with Gasteiger partial charge >= 0.3 is 0 Å². The Bertz CT molecular complexity index is 1070. The fourth-order valence-corrected chi connectivity index (χ4v) is 3.27. The summed E-state index contributed by atoms with van der Waals surface area (Å²) in [5.74, 6) is 0.545. The van der Waals surface area contributed by atoms with Gasteiger partial charge in [-0.25, -0.2) is 0 Å². The molecule has 1 atom stereocenters. The zero-order valence-corrected chi connectivity index (χ0v) is 17.7. The van der Waals surface area contributed by atoms with E-state index in [0.29, 0.717) is 17.1 Å². The van der Waals surface area contributed by atoms with Crippen molar-refractivity contribution in [2.75, 3.05) is 10.6 Å². The summed E-state index contributed by atoms with van der Waals surface area (Å²) in [6, 6.07) is 23.3. The largest absolute Gasteiger partial charge is 0.481 e. The predicted octanol–water partition coefficient (Wildman–Crippen LogP) is 5.42. The average Bonchev–Trinajstić information content (AvgIpc) is 3.63. The molecule has 3 aromatic carbocycles. The third kappa shape index (κ3) is 5.31. The summed E-state index contributed by atoms with van der Waals surface area (Å²) in [6.07, 6.45) is 1.22. The molecule has 5 nitrogen and oxygen atoms in total. The summed E-state index contributed by atoms with van der Waals surface area (Å²) in [4.78, 5) is 24.7. The molecule has 1 aliphatic rings. The third-order valence-electron chi connectivity index (χ3n) is 5.35. The van der Waals surface area contributed by atoms with E-state index >= 15 is 0 Å². The molecule has 0 radical (unpaired) electrons. The Morgan fingerprint density at radius 3 is 2.26 bits per heavy atom. The maximum Gasteiger partial charge on any atom is 0.265 e. The molecular formula is C26H26N2O3. The number of ether oxygens (including phenoxy) is 1. The van der Waals surface area contributed by atoms with E-state index in [4.69, 9.17) is 4.74 Å². The molecule has 1 fully saturated rings. The van der Waals surface area contributed by atoms with Crippen molar-refractivity contribution in [2.24, 2.45) is 5.92 Å². The van der Waals surface area contributed by atoms with Crippen LogP contribution >= 0.6 is 0 Å². The van der Waals surface area contributed by atoms with Gasteiger partial charge in [0, 0.05) is 17.3 Å². The number of aryl methyl sites for hydroxylation is 1. The van der Waals surface area contributed by atoms with Gasteiger partial charge in [0.05, 0.1) is 0 Å². The van der Waals surface area contributed by atoms with Crippen LogP contribution < -0.4 is 15.4 Å². The number of amides is 2. The van der Waals surface area contributed by atoms with Gasteiger partial charge < -0.3 is 15.4 Å². The van der Waals surface area contributed by atoms with Gasteiger partial charge in [0.1, 0.15) is 5.75 Å². The van der Waals surface area contributed by atoms with Crippen LogP contribution in [0.2, 0.25) is 0 Å². The van der Waals surface area contributed by atoms with Gasteiger partial charge in [-0.15, -0.1) is 0 Å². The molecular weight excluding hydrogens is 388 g/mol. The van der Waals surface area contributed by atoms with Crippen molar-refractivity contribution in [3.05, 3.63) is 78.4 Å². The zero-order valence-electron chi connectivity index (χ0n) is 17.7. The number of benzene rings is 3. The van der Waals surface area contributed by atoms with E-state index in [1.807, 2.05) is 61.5 Å². The lowest BCUT2D eigenvalue weighted by Gasteiger charge is -2.17. The molecule has 0 aromatic heterocycles. The summed E-state index contributed by atoms with van der Waals surface area (Å²) in [5.41, 5.74) is 4.48. The topological polar surface area (TPSA) is 67.4 Å². The number of hydrogen-bond acceptors (Lipinski definition) is 3. The minimum atomic E-state index is -0.674. The number of rotatable bonds is 7. The number of anilines is 2. The fourth-order valence-electron chi connectivity index (χ4n) is 3.27. The van der Waals surface area contributed by atoms with Crippen molar-refractivity contribution in [3.63, 3.8) is 0 Å². The number of carbonyl (C=O) groups excluding carboxylic acids is 2. The molecule has 1 unspecified atom stereocenters. The first kappa shape index (κ1) is 20.7. The van der Waals surface area contributed by atoms with Gasteiger partial charge in [-0.1, -0.05) is 48.5 Å². The van der Waals surface area contributed by atoms with Crippen LogP contribution in [0.1, 0.15) is 25.3 Å². The van der Waals surface area contributed by atoms with Gasteiger partial charge in [0.2, 0.25) is 5.91 Å². The van der Waals surface area contributed by atoms with E-state index in [0.717, 1.165) is 29.5 Å². The predicted molar refractivity (Wildman–Crippen MR) is 123 cm³/mol. The highest BCUT2D eigenvalue weighted by Gasteiger charge is 2.29. The molecule has 1 saturated carbocycles. The monoisotopic (exact) mass is 414 g/mol. The summed E-state index contributed by atoms with van der Waals surface area (Å²) >= 11 is 0. The van der Waals surface area contributed by atoms with Crippen LogP contribution in [0.5, 0.6) is 5.75 Å². The lowest BCUT2D eigenvalue weighted by molar-refractivity contribution is -0.122. The van der Waals surface area contributed by atoms with E-state index in [1.54, 1.807) is 13.0 Å². The molecule has 3 aromatic rings. The van der Waals surface area contributed by atoms with Crippen molar-refractivity contribution in [1.29, 1.82) is 0 Å². The summed E-state index contributed by atoms with van der Waals surface area (Å²) < 4.78 is 5.83. The molecule has 5 heteroatoms. The van der Waals surface area contributed by atoms with E-state index in [9.17, 15) is 9.59 Å². The second-order valence-corrected chi connectivity index (χ2v) is 7.93. The summed E-state index contributed by atoms with van der Waals surface area (Å²) in [7, 11) is 0. The Kier molecular flexibility index (Phi) is 6.03. The van der Waals surface area contributed by atoms with Gasteiger partial charge in [-0.2, -0.15) is 0 Å². The van der Waals surface area contributed by atoms with Crippen LogP contribution in [0.3, 0.4) is 0 Å². The second-order valence-electron chi connectivity index (χ2n) is 7.93. The smallest absolute Gasteiger partial charge is 0.265 e. The van der Waals surface area contributed by atoms with E-state index in [-0.39, 0.29) is 17.7 Å². The normalized spacial score (nSPS) is 13.9. The maximum atomic E-state index is 12.7. The Balaban J connectivity index is 1.37. The number of hydrogen-bond donors (Lipinski definition) is 2. The Hall–Kier alpha value is -3.60. The Labute approximate surface area is 182 Å². The molecule has 0 spiro atoms. The molecule has 158 valence electrons. The minimum absolute atomic E-state index is 0.0387. The van der Waals surface area contributed by atoms with Gasteiger partial charge in [0.25, 0.3) is 5.91 Å². The Morgan fingerprint density at radius 2 is 1.58 bits per heavy atom. The van der Waals surface area contributed by atoms with Crippen LogP contribution in [-0.4, -0.2) is 17.9 Å². The molecule has 2 amide bonds. The first-order valence-electron chi connectivity index (χ1n) is 10.5. The molecule has 2 N–H and O–H groups in total. The third-order valence-corrected chi connectivity index (χ3v) is 5.35. The zero-order chi connectivity index (χ0) is 21.8. The van der Waals surface area contributed by atoms with E-state index < -0.39 is 6.10 Å². The molecule has 1 aliphatic carbocycles. The summed E-state index contributed by atoms with van der Waals surface area (Å²) in [5, 5.41) is 5.82. The highest BCUT2D eigenvalue weighted by molar-refractivity contribution is 5.97. The van der Waals surface area contributed by atoms with Crippen molar-refractivity contribution in [1.82, 2.24) is 0 Å². The van der Waals surface area contributed by atoms with Crippen molar-refractivity contribution in [2.45, 2.75) is 32.8 Å². The first-order chi connectivity index (χ1) is 15.0. The van der Waals surface area contributed by atoms with Gasteiger partial charge in [0.15, 0.2) is 6.10 Å². The van der Waals surface area contributed by atoms with Crippen LogP contribution in [0.15, 0.2) is 72.8 Å². The lowest BCUT2D eigenvalue weighted by atomic mass is 10.1. The number of nitrogens with one attached hydrogen (secondary N) is 2. The standard InChI is InChI=1S/C26H26N2O3/c1-17-8-13-22(27-26(30)21-9-10-21)16-24(17)28-25(29)18(2)31-23-14-11-20(12-15-23)19-6-4-3-5-7-19/h3-8,11-16,18,21H,9-10H2,1-2H3,(H,27,30)(H,28,29). The maximum absolute atomic E-state index is 12.7. The SMILES string of the molecule is Cc1ccc(NC(=O)C2CC2)cc1NC(=O)C(C)Oc1ccc(-c2ccccc2)cc1. The molecule has 31 heavy (non-hydrogen) atoms. The van der Waals surface area contributed by atoms with Crippen LogP contribution in [0.4, 0.5) is 11.4 Å². The molecule has 0 heterocycles. The van der Waals surface area contributed by atoms with Crippen molar-refractivity contribution >= 4 is 23.2 Å². The molecule has 4 rings (SSSR count). The average molecular weight is 415 g/mol. The highest BCUT2D eigenvalue weighted by Crippen LogP contribution is 2.31.